The molecular formula is C27H31N5O4. The molecule has 0 aliphatic carbocycles. The Bertz CT molecular complexity index is 1270. The van der Waals surface area contributed by atoms with Gasteiger partial charge in [0.2, 0.25) is 5.60 Å². The van der Waals surface area contributed by atoms with Gasteiger partial charge >= 0.3 is 5.97 Å². The van der Waals surface area contributed by atoms with E-state index in [9.17, 15) is 9.59 Å². The van der Waals surface area contributed by atoms with Gasteiger partial charge in [0.25, 0.3) is 5.91 Å². The van der Waals surface area contributed by atoms with Crippen LogP contribution in [0, 0.1) is 6.92 Å². The Kier molecular flexibility index (Phi) is 7.47. The number of aryl methyl sites for hydroxylation is 1. The van der Waals surface area contributed by atoms with Crippen LogP contribution in [0.15, 0.2) is 59.9 Å². The van der Waals surface area contributed by atoms with Gasteiger partial charge in [-0.15, -0.1) is 0 Å². The maximum absolute atomic E-state index is 13.1. The van der Waals surface area contributed by atoms with E-state index in [2.05, 4.69) is 20.6 Å². The number of aromatic nitrogens is 3. The van der Waals surface area contributed by atoms with E-state index in [4.69, 9.17) is 9.57 Å². The van der Waals surface area contributed by atoms with Crippen LogP contribution in [0.5, 0.6) is 0 Å². The topological polar surface area (TPSA) is 108 Å². The van der Waals surface area contributed by atoms with Gasteiger partial charge in [-0.1, -0.05) is 41.1 Å². The second-order valence-electron chi connectivity index (χ2n) is 9.16. The summed E-state index contributed by atoms with van der Waals surface area (Å²) in [5, 5.41) is 11.6. The summed E-state index contributed by atoms with van der Waals surface area (Å²) in [5.74, 6) is -0.761. The minimum atomic E-state index is -1.25. The predicted octanol–water partition coefficient (Wildman–Crippen LogP) is 3.89. The van der Waals surface area contributed by atoms with E-state index in [1.807, 2.05) is 63.2 Å². The van der Waals surface area contributed by atoms with Crippen molar-refractivity contribution in [2.75, 3.05) is 13.2 Å². The summed E-state index contributed by atoms with van der Waals surface area (Å²) in [6.07, 6.45) is 2.24. The molecule has 3 heterocycles. The molecule has 9 nitrogen and oxygen atoms in total. The molecule has 0 bridgehead atoms. The van der Waals surface area contributed by atoms with Crippen molar-refractivity contribution in [3.63, 3.8) is 0 Å². The smallest absolute Gasteiger partial charge is 0.354 e. The first-order chi connectivity index (χ1) is 17.3. The molecular weight excluding hydrogens is 458 g/mol. The first-order valence-corrected chi connectivity index (χ1v) is 12.1. The van der Waals surface area contributed by atoms with Crippen molar-refractivity contribution in [2.45, 2.75) is 52.2 Å². The summed E-state index contributed by atoms with van der Waals surface area (Å²) < 4.78 is 6.99. The summed E-state index contributed by atoms with van der Waals surface area (Å²) in [4.78, 5) is 36.1. The number of amides is 1. The summed E-state index contributed by atoms with van der Waals surface area (Å²) in [6.45, 7) is 8.04. The zero-order valence-electron chi connectivity index (χ0n) is 21.0. The Labute approximate surface area is 210 Å². The highest BCUT2D eigenvalue weighted by Gasteiger charge is 2.48. The average molecular weight is 490 g/mol. The second kappa shape index (κ2) is 10.7. The fourth-order valence-electron chi connectivity index (χ4n) is 4.20. The maximum atomic E-state index is 13.1. The molecule has 1 unspecified atom stereocenters. The Balaban J connectivity index is 1.47. The number of hydrogen-bond donors (Lipinski definition) is 1. The lowest BCUT2D eigenvalue weighted by Crippen LogP contribution is -2.43. The average Bonchev–Trinajstić information content (AvgIpc) is 3.49. The van der Waals surface area contributed by atoms with Crippen LogP contribution < -0.4 is 5.32 Å². The normalized spacial score (nSPS) is 17.0. The number of carbonyl (C=O) groups excluding carboxylic acids is 2. The van der Waals surface area contributed by atoms with E-state index in [0.29, 0.717) is 29.2 Å². The number of nitrogens with zero attached hydrogens (tertiary/aromatic N) is 4. The lowest BCUT2D eigenvalue weighted by Gasteiger charge is -2.24. The van der Waals surface area contributed by atoms with Crippen molar-refractivity contribution >= 4 is 17.6 Å². The quantitative estimate of drug-likeness (QED) is 0.457. The van der Waals surface area contributed by atoms with Crippen LogP contribution in [-0.4, -0.2) is 51.1 Å². The molecule has 0 saturated carbocycles. The third-order valence-corrected chi connectivity index (χ3v) is 5.90. The molecule has 0 radical (unpaired) electrons. The highest BCUT2D eigenvalue weighted by atomic mass is 16.7. The van der Waals surface area contributed by atoms with Gasteiger partial charge in [0, 0.05) is 25.1 Å². The molecule has 9 heteroatoms. The molecule has 2 aromatic heterocycles. The Morgan fingerprint density at radius 1 is 1.17 bits per heavy atom. The molecule has 1 amide bonds. The summed E-state index contributed by atoms with van der Waals surface area (Å²) >= 11 is 0. The molecule has 36 heavy (non-hydrogen) atoms. The van der Waals surface area contributed by atoms with Gasteiger partial charge in [-0.2, -0.15) is 5.10 Å². The molecule has 1 N–H and O–H groups in total. The molecule has 1 aromatic carbocycles. The van der Waals surface area contributed by atoms with Crippen molar-refractivity contribution in [3.05, 3.63) is 71.5 Å². The van der Waals surface area contributed by atoms with E-state index in [-0.39, 0.29) is 31.5 Å². The Morgan fingerprint density at radius 2 is 2.00 bits per heavy atom. The van der Waals surface area contributed by atoms with E-state index in [1.165, 1.54) is 0 Å². The largest absolute Gasteiger partial charge is 0.463 e. The van der Waals surface area contributed by atoms with Crippen LogP contribution >= 0.6 is 0 Å². The van der Waals surface area contributed by atoms with Crippen molar-refractivity contribution in [1.82, 2.24) is 20.1 Å². The Hall–Kier alpha value is -4.01. The maximum Gasteiger partial charge on any atom is 0.354 e. The second-order valence-corrected chi connectivity index (χ2v) is 9.16. The molecule has 4 rings (SSSR count). The third-order valence-electron chi connectivity index (χ3n) is 5.90. The number of ether oxygens (including phenoxy) is 1. The summed E-state index contributed by atoms with van der Waals surface area (Å²) in [7, 11) is 0. The minimum absolute atomic E-state index is 0.0267. The molecule has 3 aromatic rings. The first-order valence-electron chi connectivity index (χ1n) is 12.1. The molecule has 1 aliphatic rings. The number of pyridine rings is 1. The van der Waals surface area contributed by atoms with Gasteiger partial charge in [-0.05, 0) is 51.5 Å². The van der Waals surface area contributed by atoms with Crippen molar-refractivity contribution in [1.29, 1.82) is 0 Å². The van der Waals surface area contributed by atoms with Crippen LogP contribution in [0.3, 0.4) is 0 Å². The highest BCUT2D eigenvalue weighted by molar-refractivity contribution is 5.99. The number of rotatable bonds is 9. The lowest BCUT2D eigenvalue weighted by molar-refractivity contribution is -0.168. The predicted molar refractivity (Wildman–Crippen MR) is 136 cm³/mol. The van der Waals surface area contributed by atoms with Gasteiger partial charge in [-0.3, -0.25) is 14.5 Å². The minimum Gasteiger partial charge on any atom is -0.463 e. The molecule has 1 aliphatic heterocycles. The van der Waals surface area contributed by atoms with Crippen LogP contribution in [0.4, 0.5) is 0 Å². The fraction of sp³-hybridized carbons (Fsp3) is 0.370. The van der Waals surface area contributed by atoms with Crippen molar-refractivity contribution < 1.29 is 19.2 Å². The monoisotopic (exact) mass is 489 g/mol. The van der Waals surface area contributed by atoms with Crippen LogP contribution in [0.25, 0.3) is 11.4 Å². The van der Waals surface area contributed by atoms with Gasteiger partial charge in [0.1, 0.15) is 11.4 Å². The standard InChI is InChI=1S/C27H31N5O4/c1-5-35-26(34)27(15-20-10-8-9-19(4)13-20)16-21(31-36-27)17-29-25(33)24-14-23(30-32(24)18(2)3)22-11-6-7-12-28-22/h6-14,18H,5,15-17H2,1-4H3,(H,29,33). The third kappa shape index (κ3) is 5.45. The number of hydrogen-bond acceptors (Lipinski definition) is 7. The van der Waals surface area contributed by atoms with Gasteiger partial charge in [0.15, 0.2) is 0 Å². The van der Waals surface area contributed by atoms with E-state index in [1.54, 1.807) is 23.9 Å². The van der Waals surface area contributed by atoms with Crippen LogP contribution in [-0.2, 0) is 20.8 Å². The number of carbonyl (C=O) groups is 2. The number of benzene rings is 1. The van der Waals surface area contributed by atoms with Gasteiger partial charge in [0.05, 0.1) is 24.6 Å². The Morgan fingerprint density at radius 3 is 2.69 bits per heavy atom. The van der Waals surface area contributed by atoms with Gasteiger partial charge < -0.3 is 14.9 Å². The fourth-order valence-corrected chi connectivity index (χ4v) is 4.20. The highest BCUT2D eigenvalue weighted by Crippen LogP contribution is 2.30. The molecule has 0 saturated heterocycles. The molecule has 1 atom stereocenters. The van der Waals surface area contributed by atoms with E-state index < -0.39 is 11.6 Å². The molecule has 0 fully saturated rings. The van der Waals surface area contributed by atoms with Crippen molar-refractivity contribution in [2.24, 2.45) is 5.16 Å². The first kappa shape index (κ1) is 25.1. The molecule has 188 valence electrons. The SMILES string of the molecule is CCOC(=O)C1(Cc2cccc(C)c2)CC(CNC(=O)c2cc(-c3ccccn3)nn2C(C)C)=NO1. The van der Waals surface area contributed by atoms with E-state index in [0.717, 1.165) is 11.1 Å². The number of oxime groups is 1. The van der Waals surface area contributed by atoms with Crippen LogP contribution in [0.1, 0.15) is 54.8 Å². The zero-order chi connectivity index (χ0) is 25.7. The van der Waals surface area contributed by atoms with E-state index >= 15 is 0 Å². The zero-order valence-corrected chi connectivity index (χ0v) is 21.0. The summed E-state index contributed by atoms with van der Waals surface area (Å²) in [5.41, 5.74) is 3.07. The molecule has 0 spiro atoms. The van der Waals surface area contributed by atoms with Crippen LogP contribution in [0.2, 0.25) is 0 Å². The number of esters is 1. The number of nitrogens with one attached hydrogen (secondary N) is 1. The van der Waals surface area contributed by atoms with Gasteiger partial charge in [-0.25, -0.2) is 4.79 Å². The van der Waals surface area contributed by atoms with Crippen molar-refractivity contribution in [3.8, 4) is 11.4 Å². The summed E-state index contributed by atoms with van der Waals surface area (Å²) in [6, 6.07) is 15.2. The lowest BCUT2D eigenvalue weighted by atomic mass is 9.89.